The van der Waals surface area contributed by atoms with Crippen molar-refractivity contribution in [2.45, 2.75) is 26.3 Å². The lowest BCUT2D eigenvalue weighted by Crippen LogP contribution is -2.27. The second kappa shape index (κ2) is 8.39. The van der Waals surface area contributed by atoms with Crippen LogP contribution in [0, 0.1) is 6.92 Å². The smallest absolute Gasteiger partial charge is 0.310 e. The van der Waals surface area contributed by atoms with Crippen LogP contribution in [0.4, 0.5) is 5.69 Å². The normalized spacial score (nSPS) is 16.3. The summed E-state index contributed by atoms with van der Waals surface area (Å²) in [6.45, 7) is 3.60. The van der Waals surface area contributed by atoms with E-state index in [0.29, 0.717) is 12.1 Å². The number of carbonyl (C=O) groups excluding carboxylic acids is 1. The monoisotopic (exact) mass is 437 g/mol. The zero-order valence-corrected chi connectivity index (χ0v) is 18.1. The molecule has 0 saturated carbocycles. The molecule has 2 heterocycles. The Labute approximate surface area is 181 Å². The van der Waals surface area contributed by atoms with Crippen molar-refractivity contribution in [3.8, 4) is 0 Å². The van der Waals surface area contributed by atoms with Crippen molar-refractivity contribution in [1.29, 1.82) is 0 Å². The molecule has 0 saturated heterocycles. The quantitative estimate of drug-likeness (QED) is 0.621. The van der Waals surface area contributed by atoms with Gasteiger partial charge >= 0.3 is 5.91 Å². The number of aryl methyl sites for hydroxylation is 1. The first kappa shape index (κ1) is 20.9. The predicted molar refractivity (Wildman–Crippen MR) is 119 cm³/mol. The van der Waals surface area contributed by atoms with E-state index in [1.165, 1.54) is 11.3 Å². The van der Waals surface area contributed by atoms with Crippen LogP contribution < -0.4 is 4.72 Å². The summed E-state index contributed by atoms with van der Waals surface area (Å²) < 4.78 is 31.4. The lowest BCUT2D eigenvalue weighted by molar-refractivity contribution is 0.0678. The van der Waals surface area contributed by atoms with Gasteiger partial charge in [-0.15, -0.1) is 0 Å². The number of sulfonamides is 1. The molecule has 1 aliphatic heterocycles. The van der Waals surface area contributed by atoms with Gasteiger partial charge in [0.25, 0.3) is 0 Å². The summed E-state index contributed by atoms with van der Waals surface area (Å²) >= 11 is 0. The van der Waals surface area contributed by atoms with E-state index in [1.807, 2.05) is 43.3 Å². The van der Waals surface area contributed by atoms with Gasteiger partial charge in [-0.25, -0.2) is 13.4 Å². The van der Waals surface area contributed by atoms with E-state index in [1.54, 1.807) is 31.2 Å². The Morgan fingerprint density at radius 1 is 1.13 bits per heavy atom. The molecule has 0 fully saturated rings. The number of amides is 1. The Morgan fingerprint density at radius 2 is 1.87 bits per heavy atom. The van der Waals surface area contributed by atoms with Crippen LogP contribution in [-0.4, -0.2) is 30.8 Å². The average molecular weight is 438 g/mol. The van der Waals surface area contributed by atoms with Crippen LogP contribution in [0.15, 0.2) is 76.4 Å². The van der Waals surface area contributed by atoms with Gasteiger partial charge in [-0.3, -0.25) is 9.52 Å². The van der Waals surface area contributed by atoms with E-state index in [9.17, 15) is 13.2 Å². The molecule has 2 aromatic carbocycles. The second-order valence-electron chi connectivity index (χ2n) is 7.33. The van der Waals surface area contributed by atoms with Gasteiger partial charge < -0.3 is 4.42 Å². The Balaban J connectivity index is 1.66. The summed E-state index contributed by atoms with van der Waals surface area (Å²) in [5.41, 5.74) is 4.16. The topological polar surface area (TPSA) is 92.0 Å². The third-order valence-electron chi connectivity index (χ3n) is 5.27. The molecule has 0 spiro atoms. The lowest BCUT2D eigenvalue weighted by Gasteiger charge is -2.22. The van der Waals surface area contributed by atoms with Crippen molar-refractivity contribution < 1.29 is 17.6 Å². The Bertz CT molecular complexity index is 1220. The molecule has 1 aromatic heterocycles. The molecule has 1 N–H and O–H groups in total. The molecule has 160 valence electrons. The number of benzene rings is 2. The summed E-state index contributed by atoms with van der Waals surface area (Å²) in [5.74, 6) is -0.0721. The van der Waals surface area contributed by atoms with Gasteiger partial charge in [0.05, 0.1) is 23.8 Å². The summed E-state index contributed by atoms with van der Waals surface area (Å²) in [6, 6.07) is 18.0. The van der Waals surface area contributed by atoms with E-state index in [4.69, 9.17) is 4.42 Å². The van der Waals surface area contributed by atoms with Gasteiger partial charge in [0.2, 0.25) is 10.0 Å². The maximum Gasteiger partial charge on any atom is 0.310 e. The van der Waals surface area contributed by atoms with Gasteiger partial charge in [-0.2, -0.15) is 5.10 Å². The van der Waals surface area contributed by atoms with Gasteiger partial charge in [-0.1, -0.05) is 36.4 Å². The van der Waals surface area contributed by atoms with E-state index < -0.39 is 10.0 Å². The van der Waals surface area contributed by atoms with Crippen molar-refractivity contribution in [1.82, 2.24) is 5.01 Å². The fraction of sp³-hybridized carbons (Fsp3) is 0.217. The maximum atomic E-state index is 13.1. The van der Waals surface area contributed by atoms with Crippen LogP contribution in [0.5, 0.6) is 0 Å². The number of hydrogen-bond acceptors (Lipinski definition) is 5. The highest BCUT2D eigenvalue weighted by Gasteiger charge is 2.35. The minimum atomic E-state index is -3.34. The third-order valence-corrected chi connectivity index (χ3v) is 6.58. The summed E-state index contributed by atoms with van der Waals surface area (Å²) in [7, 11) is -3.34. The van der Waals surface area contributed by atoms with Crippen LogP contribution in [0.3, 0.4) is 0 Å². The van der Waals surface area contributed by atoms with Crippen LogP contribution in [-0.2, 0) is 10.0 Å². The first-order valence-corrected chi connectivity index (χ1v) is 11.6. The first-order chi connectivity index (χ1) is 14.9. The molecular formula is C23H23N3O4S. The van der Waals surface area contributed by atoms with Crippen molar-refractivity contribution in [2.24, 2.45) is 5.10 Å². The molecule has 3 aromatic rings. The molecule has 0 radical (unpaired) electrons. The van der Waals surface area contributed by atoms with E-state index in [0.717, 1.165) is 22.4 Å². The predicted octanol–water partition coefficient (Wildman–Crippen LogP) is 4.34. The van der Waals surface area contributed by atoms with Crippen molar-refractivity contribution >= 4 is 27.3 Å². The summed E-state index contributed by atoms with van der Waals surface area (Å²) in [6.07, 6.45) is 2.00. The number of nitrogens with zero attached hydrogens (tertiary/aromatic N) is 2. The molecule has 1 atom stereocenters. The molecule has 4 rings (SSSR count). The van der Waals surface area contributed by atoms with E-state index >= 15 is 0 Å². The lowest BCUT2D eigenvalue weighted by atomic mass is 9.95. The molecular weight excluding hydrogens is 414 g/mol. The number of carbonyl (C=O) groups is 1. The standard InChI is InChI=1S/C23H23N3O4S/c1-3-31(28,29)25-18-12-10-17(11-13-18)20-15-21(19-8-5-4-7-16(19)2)26(24-20)23(27)22-9-6-14-30-22/h4-14,21,25H,3,15H2,1-2H3/t21-/m0/s1. The van der Waals surface area contributed by atoms with Crippen molar-refractivity contribution in [3.63, 3.8) is 0 Å². The highest BCUT2D eigenvalue weighted by atomic mass is 32.2. The number of anilines is 1. The number of furan rings is 1. The Morgan fingerprint density at radius 3 is 2.52 bits per heavy atom. The highest BCUT2D eigenvalue weighted by molar-refractivity contribution is 7.92. The largest absolute Gasteiger partial charge is 0.459 e. The Hall–Kier alpha value is -3.39. The molecule has 31 heavy (non-hydrogen) atoms. The molecule has 0 aliphatic carbocycles. The third kappa shape index (κ3) is 4.39. The SMILES string of the molecule is CCS(=O)(=O)Nc1ccc(C2=NN(C(=O)c3ccco3)[C@H](c3ccccc3C)C2)cc1. The fourth-order valence-corrected chi connectivity index (χ4v) is 4.21. The molecule has 1 amide bonds. The first-order valence-electron chi connectivity index (χ1n) is 9.99. The molecule has 8 heteroatoms. The van der Waals surface area contributed by atoms with Crippen LogP contribution in [0.2, 0.25) is 0 Å². The van der Waals surface area contributed by atoms with Gasteiger partial charge in [0.1, 0.15) is 0 Å². The maximum absolute atomic E-state index is 13.1. The average Bonchev–Trinajstić information content (AvgIpc) is 3.45. The van der Waals surface area contributed by atoms with Gasteiger partial charge in [0, 0.05) is 12.1 Å². The van der Waals surface area contributed by atoms with Crippen LogP contribution in [0.25, 0.3) is 0 Å². The number of nitrogens with one attached hydrogen (secondary N) is 1. The molecule has 1 aliphatic rings. The minimum Gasteiger partial charge on any atom is -0.459 e. The zero-order chi connectivity index (χ0) is 22.0. The van der Waals surface area contributed by atoms with Crippen molar-refractivity contribution in [3.05, 3.63) is 89.4 Å². The fourth-order valence-electron chi connectivity index (χ4n) is 3.57. The molecule has 0 unspecified atom stereocenters. The summed E-state index contributed by atoms with van der Waals surface area (Å²) in [4.78, 5) is 13.1. The van der Waals surface area contributed by atoms with Crippen molar-refractivity contribution in [2.75, 3.05) is 10.5 Å². The minimum absolute atomic E-state index is 0.00339. The second-order valence-corrected chi connectivity index (χ2v) is 9.34. The van der Waals surface area contributed by atoms with Gasteiger partial charge in [-0.05, 0) is 54.8 Å². The van der Waals surface area contributed by atoms with Crippen LogP contribution in [0.1, 0.15) is 46.6 Å². The highest BCUT2D eigenvalue weighted by Crippen LogP contribution is 2.35. The molecule has 0 bridgehead atoms. The van der Waals surface area contributed by atoms with E-state index in [2.05, 4.69) is 9.82 Å². The number of hydrazone groups is 1. The summed E-state index contributed by atoms with van der Waals surface area (Å²) in [5, 5.41) is 6.11. The van der Waals surface area contributed by atoms with Crippen LogP contribution >= 0.6 is 0 Å². The molecule has 7 nitrogen and oxygen atoms in total. The van der Waals surface area contributed by atoms with Gasteiger partial charge in [0.15, 0.2) is 5.76 Å². The number of hydrogen-bond donors (Lipinski definition) is 1. The van der Waals surface area contributed by atoms with E-state index in [-0.39, 0.29) is 23.5 Å². The Kier molecular flexibility index (Phi) is 5.65. The number of rotatable bonds is 6. The zero-order valence-electron chi connectivity index (χ0n) is 17.3.